The van der Waals surface area contributed by atoms with Gasteiger partial charge in [0.1, 0.15) is 11.6 Å². The number of hydrogen-bond donors (Lipinski definition) is 1. The minimum Gasteiger partial charge on any atom is -0.373 e. The number of nitrogens with one attached hydrogen (secondary N) is 1. The number of carbonyl (C=O) groups excluding carboxylic acids is 1. The Bertz CT molecular complexity index is 2870. The van der Waals surface area contributed by atoms with Gasteiger partial charge in [-0.05, 0) is 138 Å². The molecule has 0 radical (unpaired) electrons. The lowest BCUT2D eigenvalue weighted by Gasteiger charge is -2.30. The number of anilines is 3. The lowest BCUT2D eigenvalue weighted by atomic mass is 9.82. The van der Waals surface area contributed by atoms with Gasteiger partial charge in [-0.2, -0.15) is 5.26 Å². The van der Waals surface area contributed by atoms with Crippen LogP contribution in [0.4, 0.5) is 17.1 Å². The second kappa shape index (κ2) is 17.8. The SMILES string of the molecule is CCO[Si](CNC(=O)/C(C#N)=C/c1ccc(-c2ccc(-c3ccc(N(c4ccc5c(c4)C(C)(C)c4ccccc4-5)c4ccc5c(c4)C(C)(C)c4ccccc4-5)cc3)s2)s1)(OCC)OCC. The smallest absolute Gasteiger partial charge is 0.373 e. The maximum absolute atomic E-state index is 13.2. The van der Waals surface area contributed by atoms with Crippen LogP contribution < -0.4 is 10.2 Å². The van der Waals surface area contributed by atoms with Crippen molar-refractivity contribution >= 4 is 60.5 Å². The number of hydrogen-bond acceptors (Lipinski definition) is 8. The highest BCUT2D eigenvalue weighted by molar-refractivity contribution is 7.24. The lowest BCUT2D eigenvalue weighted by Crippen LogP contribution is -2.55. The molecule has 1 N–H and O–H groups in total. The summed E-state index contributed by atoms with van der Waals surface area (Å²) in [6.45, 7) is 16.1. The van der Waals surface area contributed by atoms with E-state index in [4.69, 9.17) is 13.3 Å². The third-order valence-electron chi connectivity index (χ3n) is 12.7. The standard InChI is InChI=1S/C55H53N3O4S2Si/c1-8-60-65(61-9-2,62-10-3)35-57-53(59)37(34-56)31-41-25-28-51(63-41)52-30-29-50(64-52)36-19-21-38(22-20-36)58(39-23-26-44-42-15-11-13-17-46(42)54(4,5)48(44)32-39)40-24-27-45-43-16-12-14-18-47(43)55(6,7)49(45)33-40/h11-33H,8-10,35H2,1-7H3,(H,57,59)/b37-31+. The third-order valence-corrected chi connectivity index (χ3v) is 17.9. The second-order valence-corrected chi connectivity index (χ2v) is 22.2. The molecule has 2 aliphatic rings. The minimum absolute atomic E-state index is 0.00851. The molecule has 7 nitrogen and oxygen atoms in total. The molecule has 328 valence electrons. The highest BCUT2D eigenvalue weighted by Crippen LogP contribution is 2.53. The largest absolute Gasteiger partial charge is 0.521 e. The highest BCUT2D eigenvalue weighted by Gasteiger charge is 2.41. The Labute approximate surface area is 392 Å². The van der Waals surface area contributed by atoms with Crippen LogP contribution in [-0.2, 0) is 28.9 Å². The molecular formula is C55H53N3O4S2Si. The van der Waals surface area contributed by atoms with Crippen LogP contribution in [0.3, 0.4) is 0 Å². The zero-order valence-corrected chi connectivity index (χ0v) is 40.6. The zero-order chi connectivity index (χ0) is 45.5. The molecule has 0 aliphatic heterocycles. The number of nitrogens with zero attached hydrogens (tertiary/aromatic N) is 2. The number of nitriles is 1. The van der Waals surface area contributed by atoms with Crippen molar-refractivity contribution in [2.75, 3.05) is 30.9 Å². The Morgan fingerprint density at radius 1 is 0.615 bits per heavy atom. The van der Waals surface area contributed by atoms with E-state index in [1.807, 2.05) is 32.9 Å². The summed E-state index contributed by atoms with van der Waals surface area (Å²) < 4.78 is 17.6. The average Bonchev–Trinajstić information content (AvgIpc) is 4.09. The number of benzene rings is 5. The van der Waals surface area contributed by atoms with Gasteiger partial charge in [-0.25, -0.2) is 0 Å². The van der Waals surface area contributed by atoms with Crippen LogP contribution in [0.1, 0.15) is 75.6 Å². The van der Waals surface area contributed by atoms with E-state index in [0.717, 1.165) is 42.1 Å². The molecule has 10 heteroatoms. The molecule has 5 aromatic carbocycles. The molecule has 65 heavy (non-hydrogen) atoms. The van der Waals surface area contributed by atoms with Gasteiger partial charge < -0.3 is 23.5 Å². The average molecular weight is 912 g/mol. The van der Waals surface area contributed by atoms with E-state index in [2.05, 4.69) is 165 Å². The Morgan fingerprint density at radius 3 is 1.63 bits per heavy atom. The minimum atomic E-state index is -3.12. The first-order valence-electron chi connectivity index (χ1n) is 22.3. The summed E-state index contributed by atoms with van der Waals surface area (Å²) in [5.41, 5.74) is 14.8. The van der Waals surface area contributed by atoms with Crippen LogP contribution in [0.2, 0.25) is 0 Å². The van der Waals surface area contributed by atoms with Crippen molar-refractivity contribution in [3.8, 4) is 48.5 Å². The van der Waals surface area contributed by atoms with Crippen LogP contribution in [0.15, 0.2) is 139 Å². The molecule has 0 unspecified atom stereocenters. The van der Waals surface area contributed by atoms with E-state index in [1.165, 1.54) is 44.5 Å². The molecule has 0 fully saturated rings. The number of amides is 1. The summed E-state index contributed by atoms with van der Waals surface area (Å²) in [4.78, 5) is 19.7. The Morgan fingerprint density at radius 2 is 1.09 bits per heavy atom. The van der Waals surface area contributed by atoms with E-state index >= 15 is 0 Å². The zero-order valence-electron chi connectivity index (χ0n) is 38.0. The molecule has 0 saturated heterocycles. The fourth-order valence-electron chi connectivity index (χ4n) is 9.59. The third kappa shape index (κ3) is 8.11. The van der Waals surface area contributed by atoms with Crippen molar-refractivity contribution in [2.45, 2.75) is 59.3 Å². The maximum Gasteiger partial charge on any atom is 0.521 e. The van der Waals surface area contributed by atoms with Crippen molar-refractivity contribution in [3.05, 3.63) is 166 Å². The van der Waals surface area contributed by atoms with Crippen LogP contribution >= 0.6 is 22.7 Å². The van der Waals surface area contributed by atoms with Crippen molar-refractivity contribution < 1.29 is 18.1 Å². The van der Waals surface area contributed by atoms with Gasteiger partial charge in [0, 0.05) is 67.2 Å². The molecule has 7 aromatic rings. The van der Waals surface area contributed by atoms with Gasteiger partial charge >= 0.3 is 8.80 Å². The predicted molar refractivity (Wildman–Crippen MR) is 270 cm³/mol. The van der Waals surface area contributed by atoms with E-state index in [1.54, 1.807) is 28.7 Å². The summed E-state index contributed by atoms with van der Waals surface area (Å²) in [6.07, 6.45) is 1.71. The molecule has 1 amide bonds. The van der Waals surface area contributed by atoms with E-state index < -0.39 is 14.7 Å². The van der Waals surface area contributed by atoms with Crippen molar-refractivity contribution in [3.63, 3.8) is 0 Å². The monoisotopic (exact) mass is 911 g/mol. The highest BCUT2D eigenvalue weighted by atomic mass is 32.1. The first-order valence-corrected chi connectivity index (χ1v) is 25.9. The summed E-state index contributed by atoms with van der Waals surface area (Å²) in [7, 11) is -3.12. The molecular weight excluding hydrogens is 859 g/mol. The first kappa shape index (κ1) is 44.3. The summed E-state index contributed by atoms with van der Waals surface area (Å²) in [5, 5.41) is 12.8. The molecule has 0 bridgehead atoms. The van der Waals surface area contributed by atoms with Gasteiger partial charge in [0.05, 0.1) is 6.17 Å². The van der Waals surface area contributed by atoms with E-state index in [9.17, 15) is 10.1 Å². The molecule has 0 atom stereocenters. The van der Waals surface area contributed by atoms with E-state index in [-0.39, 0.29) is 22.6 Å². The quantitative estimate of drug-likeness (QED) is 0.0627. The van der Waals surface area contributed by atoms with E-state index in [0.29, 0.717) is 19.8 Å². The summed E-state index contributed by atoms with van der Waals surface area (Å²) in [6, 6.07) is 50.9. The number of thiophene rings is 2. The van der Waals surface area contributed by atoms with Crippen LogP contribution in [0.25, 0.3) is 48.5 Å². The second-order valence-electron chi connectivity index (χ2n) is 17.4. The van der Waals surface area contributed by atoms with Gasteiger partial charge in [-0.15, -0.1) is 22.7 Å². The van der Waals surface area contributed by atoms with Crippen molar-refractivity contribution in [2.24, 2.45) is 0 Å². The molecule has 0 spiro atoms. The normalized spacial score (nSPS) is 14.3. The van der Waals surface area contributed by atoms with Crippen LogP contribution in [0.5, 0.6) is 0 Å². The van der Waals surface area contributed by atoms with Gasteiger partial charge in [-0.3, -0.25) is 4.79 Å². The van der Waals surface area contributed by atoms with Gasteiger partial charge in [0.25, 0.3) is 5.91 Å². The first-order chi connectivity index (χ1) is 31.4. The van der Waals surface area contributed by atoms with Gasteiger partial charge in [0.15, 0.2) is 0 Å². The van der Waals surface area contributed by atoms with Crippen molar-refractivity contribution in [1.29, 1.82) is 5.26 Å². The molecule has 9 rings (SSSR count). The Hall–Kier alpha value is -5.90. The van der Waals surface area contributed by atoms with Crippen LogP contribution in [-0.4, -0.2) is 40.7 Å². The van der Waals surface area contributed by atoms with Crippen molar-refractivity contribution in [1.82, 2.24) is 5.32 Å². The summed E-state index contributed by atoms with van der Waals surface area (Å²) in [5.74, 6) is -0.491. The summed E-state index contributed by atoms with van der Waals surface area (Å²) >= 11 is 3.27. The number of rotatable bonds is 15. The Balaban J connectivity index is 0.997. The molecule has 0 saturated carbocycles. The number of carbonyl (C=O) groups is 1. The molecule has 2 aliphatic carbocycles. The topological polar surface area (TPSA) is 83.8 Å². The van der Waals surface area contributed by atoms with Crippen LogP contribution in [0, 0.1) is 11.3 Å². The number of fused-ring (bicyclic) bond motifs is 6. The fourth-order valence-corrected chi connectivity index (χ4v) is 13.9. The molecule has 2 heterocycles. The maximum atomic E-state index is 13.2. The lowest BCUT2D eigenvalue weighted by molar-refractivity contribution is -0.117. The predicted octanol–water partition coefficient (Wildman–Crippen LogP) is 13.8. The van der Waals surface area contributed by atoms with Gasteiger partial charge in [-0.1, -0.05) is 100 Å². The Kier molecular flexibility index (Phi) is 12.1. The fraction of sp³-hybridized carbons (Fsp3) is 0.236. The van der Waals surface area contributed by atoms with Gasteiger partial charge in [0.2, 0.25) is 0 Å². The molecule has 2 aromatic heterocycles.